The van der Waals surface area contributed by atoms with Crippen LogP contribution in [0.1, 0.15) is 59.3 Å². The minimum atomic E-state index is -0.656. The minimum Gasteiger partial charge on any atom is -0.481 e. The van der Waals surface area contributed by atoms with Gasteiger partial charge in [-0.05, 0) is 26.2 Å². The van der Waals surface area contributed by atoms with E-state index in [0.717, 1.165) is 19.3 Å². The van der Waals surface area contributed by atoms with E-state index in [4.69, 9.17) is 0 Å². The van der Waals surface area contributed by atoms with Crippen molar-refractivity contribution in [3.63, 3.8) is 0 Å². The van der Waals surface area contributed by atoms with Gasteiger partial charge < -0.3 is 5.11 Å². The number of aliphatic carboxylic acids is 1. The molecule has 1 atom stereocenters. The van der Waals surface area contributed by atoms with Crippen LogP contribution in [-0.2, 0) is 4.79 Å². The van der Waals surface area contributed by atoms with Crippen LogP contribution >= 0.6 is 0 Å². The molecule has 0 aromatic rings. The smallest absolute Gasteiger partial charge is 0.309 e. The molecule has 0 heterocycles. The highest BCUT2D eigenvalue weighted by molar-refractivity contribution is 5.74. The van der Waals surface area contributed by atoms with Crippen LogP contribution in [0, 0.1) is 17.3 Å². The Morgan fingerprint density at radius 3 is 2.40 bits per heavy atom. The van der Waals surface area contributed by atoms with E-state index in [0.29, 0.717) is 19.3 Å². The summed E-state index contributed by atoms with van der Waals surface area (Å²) in [6.45, 7) is 5.84. The van der Waals surface area contributed by atoms with Gasteiger partial charge in [0.2, 0.25) is 0 Å². The van der Waals surface area contributed by atoms with E-state index in [2.05, 4.69) is 18.8 Å². The fourth-order valence-electron chi connectivity index (χ4n) is 1.79. The highest BCUT2D eigenvalue weighted by Crippen LogP contribution is 2.34. The fourth-order valence-corrected chi connectivity index (χ4v) is 1.79. The van der Waals surface area contributed by atoms with Crippen LogP contribution in [0.25, 0.3) is 0 Å². The van der Waals surface area contributed by atoms with E-state index in [9.17, 15) is 9.90 Å². The van der Waals surface area contributed by atoms with Gasteiger partial charge in [0.15, 0.2) is 0 Å². The average Bonchev–Trinajstić information content (AvgIpc) is 2.23. The number of rotatable bonds is 7. The van der Waals surface area contributed by atoms with Crippen molar-refractivity contribution in [2.75, 3.05) is 0 Å². The first-order chi connectivity index (χ1) is 7.13. The Morgan fingerprint density at radius 2 is 2.00 bits per heavy atom. The molecule has 0 aromatic heterocycles. The third-order valence-electron chi connectivity index (χ3n) is 3.04. The zero-order chi connectivity index (χ0) is 11.7. The maximum atomic E-state index is 11.3. The predicted octanol–water partition coefficient (Wildman–Crippen LogP) is 3.46. The first-order valence-corrected chi connectivity index (χ1v) is 5.76. The molecule has 0 amide bonds. The SMILES string of the molecule is CC#CCCC(CC)(CCCC)C(=O)O. The Bertz CT molecular complexity index is 247. The molecular weight excluding hydrogens is 188 g/mol. The monoisotopic (exact) mass is 210 g/mol. The number of hydrogen-bond donors (Lipinski definition) is 1. The van der Waals surface area contributed by atoms with Gasteiger partial charge in [0.1, 0.15) is 0 Å². The van der Waals surface area contributed by atoms with Crippen LogP contribution < -0.4 is 0 Å². The predicted molar refractivity (Wildman–Crippen MR) is 62.6 cm³/mol. The Labute approximate surface area is 93.1 Å². The Balaban J connectivity index is 4.47. The molecule has 0 rings (SSSR count). The molecule has 0 aliphatic carbocycles. The molecule has 0 aliphatic rings. The maximum Gasteiger partial charge on any atom is 0.309 e. The molecule has 1 unspecified atom stereocenters. The number of unbranched alkanes of at least 4 members (excludes halogenated alkanes) is 1. The Hall–Kier alpha value is -0.970. The molecule has 0 saturated heterocycles. The zero-order valence-electron chi connectivity index (χ0n) is 10.1. The molecular formula is C13H22O2. The minimum absolute atomic E-state index is 0.542. The normalized spacial score (nSPS) is 13.8. The van der Waals surface area contributed by atoms with Gasteiger partial charge in [0, 0.05) is 6.42 Å². The molecule has 1 N–H and O–H groups in total. The van der Waals surface area contributed by atoms with E-state index < -0.39 is 11.4 Å². The van der Waals surface area contributed by atoms with Gasteiger partial charge in [-0.2, -0.15) is 0 Å². The molecule has 15 heavy (non-hydrogen) atoms. The largest absolute Gasteiger partial charge is 0.481 e. The summed E-state index contributed by atoms with van der Waals surface area (Å²) in [5.74, 6) is 5.12. The fraction of sp³-hybridized carbons (Fsp3) is 0.769. The molecule has 0 aromatic carbocycles. The third-order valence-corrected chi connectivity index (χ3v) is 3.04. The molecule has 2 heteroatoms. The highest BCUT2D eigenvalue weighted by Gasteiger charge is 2.34. The Morgan fingerprint density at radius 1 is 1.33 bits per heavy atom. The second kappa shape index (κ2) is 7.34. The van der Waals surface area contributed by atoms with Crippen LogP contribution in [0.5, 0.6) is 0 Å². The lowest BCUT2D eigenvalue weighted by atomic mass is 9.76. The van der Waals surface area contributed by atoms with Gasteiger partial charge in [0.25, 0.3) is 0 Å². The van der Waals surface area contributed by atoms with Crippen molar-refractivity contribution in [3.8, 4) is 11.8 Å². The van der Waals surface area contributed by atoms with Crippen molar-refractivity contribution in [1.29, 1.82) is 0 Å². The summed E-state index contributed by atoms with van der Waals surface area (Å²) < 4.78 is 0. The van der Waals surface area contributed by atoms with Crippen LogP contribution in [0.4, 0.5) is 0 Å². The molecule has 0 saturated carbocycles. The van der Waals surface area contributed by atoms with Gasteiger partial charge in [0.05, 0.1) is 5.41 Å². The van der Waals surface area contributed by atoms with Crippen LogP contribution in [0.15, 0.2) is 0 Å². The summed E-state index contributed by atoms with van der Waals surface area (Å²) in [4.78, 5) is 11.3. The van der Waals surface area contributed by atoms with E-state index in [1.165, 1.54) is 0 Å². The first kappa shape index (κ1) is 14.0. The van der Waals surface area contributed by atoms with E-state index >= 15 is 0 Å². The number of hydrogen-bond acceptors (Lipinski definition) is 1. The van der Waals surface area contributed by atoms with Gasteiger partial charge in [-0.3, -0.25) is 4.79 Å². The Kier molecular flexibility index (Phi) is 6.86. The lowest BCUT2D eigenvalue weighted by Gasteiger charge is -2.27. The van der Waals surface area contributed by atoms with Crippen molar-refractivity contribution in [1.82, 2.24) is 0 Å². The summed E-state index contributed by atoms with van der Waals surface area (Å²) in [5.41, 5.74) is -0.542. The van der Waals surface area contributed by atoms with E-state index in [1.807, 2.05) is 6.92 Å². The number of carbonyl (C=O) groups is 1. The van der Waals surface area contributed by atoms with Crippen molar-refractivity contribution < 1.29 is 9.90 Å². The summed E-state index contributed by atoms with van der Waals surface area (Å²) in [6.07, 6.45) is 4.89. The van der Waals surface area contributed by atoms with Crippen LogP contribution in [-0.4, -0.2) is 11.1 Å². The summed E-state index contributed by atoms with van der Waals surface area (Å²) >= 11 is 0. The topological polar surface area (TPSA) is 37.3 Å². The summed E-state index contributed by atoms with van der Waals surface area (Å²) in [6, 6.07) is 0. The molecule has 86 valence electrons. The summed E-state index contributed by atoms with van der Waals surface area (Å²) in [5, 5.41) is 9.30. The van der Waals surface area contributed by atoms with E-state index in [-0.39, 0.29) is 0 Å². The van der Waals surface area contributed by atoms with Gasteiger partial charge in [-0.15, -0.1) is 11.8 Å². The van der Waals surface area contributed by atoms with Crippen molar-refractivity contribution in [3.05, 3.63) is 0 Å². The third kappa shape index (κ3) is 4.38. The van der Waals surface area contributed by atoms with E-state index in [1.54, 1.807) is 6.92 Å². The van der Waals surface area contributed by atoms with Crippen LogP contribution in [0.2, 0.25) is 0 Å². The molecule has 0 fully saturated rings. The average molecular weight is 210 g/mol. The molecule has 0 bridgehead atoms. The van der Waals surface area contributed by atoms with Crippen molar-refractivity contribution in [2.45, 2.75) is 59.3 Å². The van der Waals surface area contributed by atoms with Gasteiger partial charge >= 0.3 is 5.97 Å². The standard InChI is InChI=1S/C13H22O2/c1-4-7-9-11-13(6-3,12(14)15)10-8-5-2/h5-6,8-11H2,1-3H3,(H,14,15). The maximum absolute atomic E-state index is 11.3. The quantitative estimate of drug-likeness (QED) is 0.653. The second-order valence-electron chi connectivity index (χ2n) is 3.97. The lowest BCUT2D eigenvalue weighted by molar-refractivity contribution is -0.150. The lowest BCUT2D eigenvalue weighted by Crippen LogP contribution is -2.30. The molecule has 0 radical (unpaired) electrons. The number of carboxylic acid groups (broad SMARTS) is 1. The first-order valence-electron chi connectivity index (χ1n) is 5.76. The highest BCUT2D eigenvalue weighted by atomic mass is 16.4. The molecule has 0 aliphatic heterocycles. The van der Waals surface area contributed by atoms with Crippen molar-refractivity contribution in [2.24, 2.45) is 5.41 Å². The zero-order valence-corrected chi connectivity index (χ0v) is 10.1. The molecule has 0 spiro atoms. The molecule has 2 nitrogen and oxygen atoms in total. The van der Waals surface area contributed by atoms with Gasteiger partial charge in [-0.25, -0.2) is 0 Å². The second-order valence-corrected chi connectivity index (χ2v) is 3.97. The summed E-state index contributed by atoms with van der Waals surface area (Å²) in [7, 11) is 0. The van der Waals surface area contributed by atoms with Gasteiger partial charge in [-0.1, -0.05) is 26.7 Å². The van der Waals surface area contributed by atoms with Crippen LogP contribution in [0.3, 0.4) is 0 Å². The van der Waals surface area contributed by atoms with Crippen molar-refractivity contribution >= 4 is 5.97 Å². The number of carboxylic acids is 1.